The van der Waals surface area contributed by atoms with Crippen molar-refractivity contribution in [1.29, 1.82) is 0 Å². The van der Waals surface area contributed by atoms with E-state index < -0.39 is 11.7 Å². The molecule has 1 aromatic carbocycles. The maximum atomic E-state index is 13.1. The average Bonchev–Trinajstić information content (AvgIpc) is 2.72. The Morgan fingerprint density at radius 1 is 1.29 bits per heavy atom. The number of hydrogen-bond acceptors (Lipinski definition) is 4. The van der Waals surface area contributed by atoms with Crippen molar-refractivity contribution in [3.8, 4) is 0 Å². The molecule has 0 aromatic heterocycles. The molecule has 9 heteroatoms. The molecule has 0 radical (unpaired) electrons. The molecule has 4 atom stereocenters. The number of hydrogen-bond donors (Lipinski definition) is 0. The van der Waals surface area contributed by atoms with Crippen molar-refractivity contribution in [2.75, 3.05) is 26.2 Å². The highest BCUT2D eigenvalue weighted by Crippen LogP contribution is 2.34. The fourth-order valence-electron chi connectivity index (χ4n) is 4.70. The number of benzene rings is 1. The Morgan fingerprint density at radius 3 is 2.77 bits per heavy atom. The minimum Gasteiger partial charge on any atom is -0.370 e. The summed E-state index contributed by atoms with van der Waals surface area (Å²) >= 11 is 0. The second-order valence-corrected chi connectivity index (χ2v) is 8.70. The van der Waals surface area contributed by atoms with Crippen molar-refractivity contribution < 1.29 is 32.2 Å². The van der Waals surface area contributed by atoms with Gasteiger partial charge < -0.3 is 19.3 Å². The van der Waals surface area contributed by atoms with E-state index in [0.717, 1.165) is 12.5 Å². The van der Waals surface area contributed by atoms with Gasteiger partial charge in [0.25, 0.3) is 0 Å². The van der Waals surface area contributed by atoms with Gasteiger partial charge in [-0.2, -0.15) is 13.2 Å². The number of piperidine rings is 1. The van der Waals surface area contributed by atoms with Crippen molar-refractivity contribution >= 4 is 11.8 Å². The number of carbonyl (C=O) groups excluding carboxylic acids is 2. The maximum absolute atomic E-state index is 13.1. The number of nitrogens with zero attached hydrogens (tertiary/aromatic N) is 2. The molecular formula is C22H27F3N2O4. The van der Waals surface area contributed by atoms with E-state index in [4.69, 9.17) is 9.47 Å². The zero-order chi connectivity index (χ0) is 22.3. The summed E-state index contributed by atoms with van der Waals surface area (Å²) in [7, 11) is 0. The SMILES string of the molecule is Cc1c(COC2CN(C(=O)N3CC[C@@H]4OCC(=O)C[C@@H]4C3)C2C)cccc1C(F)(F)F. The van der Waals surface area contributed by atoms with Crippen LogP contribution in [0.5, 0.6) is 0 Å². The average molecular weight is 440 g/mol. The molecule has 170 valence electrons. The highest BCUT2D eigenvalue weighted by molar-refractivity contribution is 5.81. The number of carbonyl (C=O) groups is 2. The third kappa shape index (κ3) is 4.43. The Hall–Kier alpha value is -2.13. The molecule has 3 fully saturated rings. The summed E-state index contributed by atoms with van der Waals surface area (Å²) in [4.78, 5) is 28.1. The van der Waals surface area contributed by atoms with Crippen molar-refractivity contribution in [2.24, 2.45) is 5.92 Å². The van der Waals surface area contributed by atoms with Crippen molar-refractivity contribution in [3.05, 3.63) is 34.9 Å². The third-order valence-electron chi connectivity index (χ3n) is 6.74. The topological polar surface area (TPSA) is 59.1 Å². The van der Waals surface area contributed by atoms with E-state index in [1.54, 1.807) is 15.9 Å². The molecule has 3 heterocycles. The summed E-state index contributed by atoms with van der Waals surface area (Å²) in [6.07, 6.45) is -3.40. The number of amides is 2. The van der Waals surface area contributed by atoms with Gasteiger partial charge in [0, 0.05) is 25.4 Å². The second-order valence-electron chi connectivity index (χ2n) is 8.70. The number of fused-ring (bicyclic) bond motifs is 1. The highest BCUT2D eigenvalue weighted by atomic mass is 19.4. The molecule has 31 heavy (non-hydrogen) atoms. The van der Waals surface area contributed by atoms with Crippen LogP contribution in [0.3, 0.4) is 0 Å². The Balaban J connectivity index is 1.30. The van der Waals surface area contributed by atoms with E-state index in [1.165, 1.54) is 13.0 Å². The molecule has 4 rings (SSSR count). The van der Waals surface area contributed by atoms with Crippen LogP contribution < -0.4 is 0 Å². The Kier molecular flexibility index (Phi) is 6.00. The van der Waals surface area contributed by atoms with Crippen LogP contribution in [-0.2, 0) is 27.1 Å². The van der Waals surface area contributed by atoms with E-state index in [-0.39, 0.29) is 54.8 Å². The first kappa shape index (κ1) is 22.1. The molecular weight excluding hydrogens is 413 g/mol. The van der Waals surface area contributed by atoms with Crippen molar-refractivity contribution in [3.63, 3.8) is 0 Å². The number of alkyl halides is 3. The van der Waals surface area contributed by atoms with E-state index in [1.807, 2.05) is 6.92 Å². The predicted molar refractivity (Wildman–Crippen MR) is 105 cm³/mol. The normalized spacial score (nSPS) is 28.9. The lowest BCUT2D eigenvalue weighted by molar-refractivity contribution is -0.140. The van der Waals surface area contributed by atoms with Crippen LogP contribution in [0, 0.1) is 12.8 Å². The number of urea groups is 1. The minimum absolute atomic E-state index is 0.0438. The van der Waals surface area contributed by atoms with Crippen LogP contribution in [-0.4, -0.2) is 66.1 Å². The zero-order valence-corrected chi connectivity index (χ0v) is 17.7. The van der Waals surface area contributed by atoms with E-state index >= 15 is 0 Å². The summed E-state index contributed by atoms with van der Waals surface area (Å²) in [6.45, 7) is 5.07. The number of rotatable bonds is 3. The van der Waals surface area contributed by atoms with Gasteiger partial charge in [0.05, 0.1) is 37.0 Å². The molecule has 3 saturated heterocycles. The maximum Gasteiger partial charge on any atom is 0.416 e. The van der Waals surface area contributed by atoms with Crippen molar-refractivity contribution in [1.82, 2.24) is 9.80 Å². The number of halogens is 3. The lowest BCUT2D eigenvalue weighted by atomic mass is 9.88. The van der Waals surface area contributed by atoms with Crippen LogP contribution >= 0.6 is 0 Å². The van der Waals surface area contributed by atoms with Gasteiger partial charge in [-0.25, -0.2) is 4.79 Å². The van der Waals surface area contributed by atoms with Gasteiger partial charge in [-0.15, -0.1) is 0 Å². The molecule has 3 aliphatic heterocycles. The Labute approximate surface area is 179 Å². The van der Waals surface area contributed by atoms with Gasteiger partial charge in [0.15, 0.2) is 5.78 Å². The molecule has 0 aliphatic carbocycles. The fourth-order valence-corrected chi connectivity index (χ4v) is 4.70. The largest absolute Gasteiger partial charge is 0.416 e. The molecule has 0 saturated carbocycles. The highest BCUT2D eigenvalue weighted by Gasteiger charge is 2.44. The first-order valence-corrected chi connectivity index (χ1v) is 10.6. The third-order valence-corrected chi connectivity index (χ3v) is 6.74. The predicted octanol–water partition coefficient (Wildman–Crippen LogP) is 3.40. The summed E-state index contributed by atoms with van der Waals surface area (Å²) < 4.78 is 50.7. The first-order chi connectivity index (χ1) is 14.6. The van der Waals surface area contributed by atoms with Crippen LogP contribution in [0.25, 0.3) is 0 Å². The molecule has 0 N–H and O–H groups in total. The van der Waals surface area contributed by atoms with E-state index in [0.29, 0.717) is 31.6 Å². The standard InChI is InChI=1S/C22H27F3N2O4/c1-13-15(4-3-5-18(13)22(23,24)25)11-30-20-10-27(14(20)2)21(29)26-7-6-19-16(9-26)8-17(28)12-31-19/h3-5,14,16,19-20H,6-12H2,1-2H3/t14?,16-,19+,20?/m1/s1. The Morgan fingerprint density at radius 2 is 2.06 bits per heavy atom. The lowest BCUT2D eigenvalue weighted by Crippen LogP contribution is -2.65. The summed E-state index contributed by atoms with van der Waals surface area (Å²) in [6, 6.07) is 3.84. The van der Waals surface area contributed by atoms with Gasteiger partial charge in [-0.3, -0.25) is 4.79 Å². The quantitative estimate of drug-likeness (QED) is 0.723. The first-order valence-electron chi connectivity index (χ1n) is 10.6. The lowest BCUT2D eigenvalue weighted by Gasteiger charge is -2.49. The molecule has 6 nitrogen and oxygen atoms in total. The van der Waals surface area contributed by atoms with Gasteiger partial charge in [-0.05, 0) is 37.5 Å². The molecule has 3 aliphatic rings. The van der Waals surface area contributed by atoms with E-state index in [9.17, 15) is 22.8 Å². The molecule has 0 bridgehead atoms. The smallest absolute Gasteiger partial charge is 0.370 e. The van der Waals surface area contributed by atoms with Gasteiger partial charge >= 0.3 is 12.2 Å². The minimum atomic E-state index is -4.39. The van der Waals surface area contributed by atoms with Gasteiger partial charge in [-0.1, -0.05) is 12.1 Å². The Bertz CT molecular complexity index is 860. The number of likely N-dealkylation sites (tertiary alicyclic amines) is 2. The van der Waals surface area contributed by atoms with Gasteiger partial charge in [0.1, 0.15) is 6.61 Å². The van der Waals surface area contributed by atoms with Crippen LogP contribution in [0.1, 0.15) is 36.5 Å². The summed E-state index contributed by atoms with van der Waals surface area (Å²) in [5.74, 6) is 0.123. The number of ketones is 1. The van der Waals surface area contributed by atoms with Crippen LogP contribution in [0.2, 0.25) is 0 Å². The second kappa shape index (κ2) is 8.43. The van der Waals surface area contributed by atoms with Crippen molar-refractivity contribution in [2.45, 2.75) is 57.7 Å². The monoisotopic (exact) mass is 440 g/mol. The molecule has 0 spiro atoms. The number of ether oxygens (including phenoxy) is 2. The summed E-state index contributed by atoms with van der Waals surface area (Å²) in [5, 5.41) is 0. The zero-order valence-electron chi connectivity index (χ0n) is 17.7. The molecule has 2 unspecified atom stereocenters. The molecule has 2 amide bonds. The van der Waals surface area contributed by atoms with Gasteiger partial charge in [0.2, 0.25) is 0 Å². The van der Waals surface area contributed by atoms with Crippen LogP contribution in [0.4, 0.5) is 18.0 Å². The number of Topliss-reactive ketones (excluding diaryl/α,β-unsaturated/α-hetero) is 1. The fraction of sp³-hybridized carbons (Fsp3) is 0.636. The van der Waals surface area contributed by atoms with E-state index in [2.05, 4.69) is 0 Å². The summed E-state index contributed by atoms with van der Waals surface area (Å²) in [5.41, 5.74) is 0.0125. The molecule has 1 aromatic rings. The van der Waals surface area contributed by atoms with Crippen LogP contribution in [0.15, 0.2) is 18.2 Å².